The lowest BCUT2D eigenvalue weighted by molar-refractivity contribution is 0.0941. The lowest BCUT2D eigenvalue weighted by Gasteiger charge is -2.09. The van der Waals surface area contributed by atoms with Gasteiger partial charge in [0, 0.05) is 28.2 Å². The Labute approximate surface area is 137 Å². The molecule has 118 valence electrons. The highest BCUT2D eigenvalue weighted by atomic mass is 19.1. The number of halogens is 1. The first kappa shape index (κ1) is 14.5. The molecular weight excluding hydrogens is 305 g/mol. The van der Waals surface area contributed by atoms with Crippen molar-refractivity contribution in [3.63, 3.8) is 0 Å². The topological polar surface area (TPSA) is 68.7 Å². The average molecular weight is 319 g/mol. The predicted molar refractivity (Wildman–Crippen MR) is 88.7 cm³/mol. The minimum atomic E-state index is -0.670. The summed E-state index contributed by atoms with van der Waals surface area (Å²) in [5.74, 6) is -0.518. The number of carbonyl (C=O) groups excluding carboxylic acids is 1. The maximum atomic E-state index is 13.3. The molecule has 5 heteroatoms. The molecule has 0 aliphatic heterocycles. The van der Waals surface area contributed by atoms with E-state index in [2.05, 4.69) is 16.4 Å². The number of aromatic nitrogens is 1. The Kier molecular flexibility index (Phi) is 3.14. The fourth-order valence-corrected chi connectivity index (χ4v) is 2.82. The number of nitrogens with one attached hydrogen (secondary N) is 2. The molecule has 0 spiro atoms. The number of hydrogen-bond acceptors (Lipinski definition) is 2. The summed E-state index contributed by atoms with van der Waals surface area (Å²) in [6.45, 7) is 0. The number of carbonyl (C=O) groups is 1. The van der Waals surface area contributed by atoms with E-state index >= 15 is 0 Å². The van der Waals surface area contributed by atoms with Gasteiger partial charge >= 0.3 is 0 Å². The Balaban J connectivity index is 1.61. The fourth-order valence-electron chi connectivity index (χ4n) is 2.82. The number of nitriles is 1. The Morgan fingerprint density at radius 1 is 1.21 bits per heavy atom. The van der Waals surface area contributed by atoms with E-state index in [4.69, 9.17) is 5.26 Å². The third-order valence-corrected chi connectivity index (χ3v) is 4.42. The molecule has 1 saturated carbocycles. The average Bonchev–Trinajstić information content (AvgIpc) is 3.25. The molecule has 1 aromatic heterocycles. The van der Waals surface area contributed by atoms with Crippen molar-refractivity contribution in [1.82, 2.24) is 10.3 Å². The van der Waals surface area contributed by atoms with Crippen LogP contribution in [0.5, 0.6) is 0 Å². The maximum Gasteiger partial charge on any atom is 0.252 e. The smallest absolute Gasteiger partial charge is 0.252 e. The number of amides is 1. The second-order valence-electron chi connectivity index (χ2n) is 6.12. The Morgan fingerprint density at radius 2 is 1.96 bits per heavy atom. The molecule has 3 aromatic rings. The van der Waals surface area contributed by atoms with Crippen molar-refractivity contribution in [1.29, 1.82) is 5.26 Å². The van der Waals surface area contributed by atoms with Gasteiger partial charge in [-0.05, 0) is 48.7 Å². The Morgan fingerprint density at radius 3 is 2.62 bits per heavy atom. The van der Waals surface area contributed by atoms with Gasteiger partial charge in [-0.15, -0.1) is 0 Å². The van der Waals surface area contributed by atoms with Crippen LogP contribution in [0.2, 0.25) is 0 Å². The lowest BCUT2D eigenvalue weighted by Crippen LogP contribution is -2.35. The standard InChI is InChI=1S/C19H14FN3O/c20-14-5-6-15-16(10-22-17(15)9-14)12-1-3-13(4-2-12)18(24)23-19(11-21)7-8-19/h1-6,9-10,22H,7-8H2,(H,23,24). The van der Waals surface area contributed by atoms with Gasteiger partial charge in [-0.2, -0.15) is 5.26 Å². The quantitative estimate of drug-likeness (QED) is 0.772. The molecule has 0 unspecified atom stereocenters. The van der Waals surface area contributed by atoms with E-state index in [1.54, 1.807) is 18.2 Å². The molecule has 0 radical (unpaired) electrons. The summed E-state index contributed by atoms with van der Waals surface area (Å²) >= 11 is 0. The number of fused-ring (bicyclic) bond motifs is 1. The van der Waals surface area contributed by atoms with E-state index in [-0.39, 0.29) is 11.7 Å². The number of benzene rings is 2. The van der Waals surface area contributed by atoms with Gasteiger partial charge in [0.1, 0.15) is 11.4 Å². The van der Waals surface area contributed by atoms with Crippen LogP contribution in [0.3, 0.4) is 0 Å². The maximum absolute atomic E-state index is 13.3. The lowest BCUT2D eigenvalue weighted by atomic mass is 10.0. The highest BCUT2D eigenvalue weighted by Gasteiger charge is 2.44. The molecule has 1 amide bonds. The van der Waals surface area contributed by atoms with Gasteiger partial charge < -0.3 is 10.3 Å². The van der Waals surface area contributed by atoms with Crippen molar-refractivity contribution in [2.24, 2.45) is 0 Å². The fraction of sp³-hybridized carbons (Fsp3) is 0.158. The summed E-state index contributed by atoms with van der Waals surface area (Å²) in [6, 6.07) is 13.9. The van der Waals surface area contributed by atoms with Gasteiger partial charge in [-0.25, -0.2) is 4.39 Å². The number of H-pyrrole nitrogens is 1. The van der Waals surface area contributed by atoms with Crippen LogP contribution >= 0.6 is 0 Å². The molecule has 1 aliphatic rings. The van der Waals surface area contributed by atoms with Crippen LogP contribution in [0.25, 0.3) is 22.0 Å². The summed E-state index contributed by atoms with van der Waals surface area (Å²) in [5.41, 5.74) is 2.47. The summed E-state index contributed by atoms with van der Waals surface area (Å²) in [5, 5.41) is 12.7. The van der Waals surface area contributed by atoms with Gasteiger partial charge in [0.25, 0.3) is 5.91 Å². The van der Waals surface area contributed by atoms with E-state index in [9.17, 15) is 9.18 Å². The zero-order chi connectivity index (χ0) is 16.7. The molecule has 0 saturated heterocycles. The second kappa shape index (κ2) is 5.20. The molecule has 1 heterocycles. The monoisotopic (exact) mass is 319 g/mol. The van der Waals surface area contributed by atoms with E-state index in [1.807, 2.05) is 18.3 Å². The summed E-state index contributed by atoms with van der Waals surface area (Å²) in [7, 11) is 0. The SMILES string of the molecule is N#CC1(NC(=O)c2ccc(-c3c[nH]c4cc(F)ccc34)cc2)CC1. The summed E-state index contributed by atoms with van der Waals surface area (Å²) < 4.78 is 13.3. The van der Waals surface area contributed by atoms with Crippen LogP contribution in [-0.4, -0.2) is 16.4 Å². The van der Waals surface area contributed by atoms with Crippen LogP contribution in [0.4, 0.5) is 4.39 Å². The third kappa shape index (κ3) is 2.42. The zero-order valence-corrected chi connectivity index (χ0v) is 12.8. The van der Waals surface area contributed by atoms with Crippen molar-refractivity contribution >= 4 is 16.8 Å². The van der Waals surface area contributed by atoms with Gasteiger partial charge in [-0.3, -0.25) is 4.79 Å². The number of rotatable bonds is 3. The van der Waals surface area contributed by atoms with Crippen molar-refractivity contribution in [3.05, 3.63) is 60.0 Å². The Hall–Kier alpha value is -3.13. The van der Waals surface area contributed by atoms with E-state index in [1.165, 1.54) is 12.1 Å². The molecule has 2 N–H and O–H groups in total. The first-order chi connectivity index (χ1) is 11.6. The van der Waals surface area contributed by atoms with Gasteiger partial charge in [-0.1, -0.05) is 12.1 Å². The van der Waals surface area contributed by atoms with Gasteiger partial charge in [0.05, 0.1) is 6.07 Å². The van der Waals surface area contributed by atoms with Gasteiger partial charge in [0.15, 0.2) is 0 Å². The van der Waals surface area contributed by atoms with Gasteiger partial charge in [0.2, 0.25) is 0 Å². The van der Waals surface area contributed by atoms with Crippen molar-refractivity contribution in [2.75, 3.05) is 0 Å². The van der Waals surface area contributed by atoms with Crippen molar-refractivity contribution in [3.8, 4) is 17.2 Å². The zero-order valence-electron chi connectivity index (χ0n) is 12.8. The highest BCUT2D eigenvalue weighted by Crippen LogP contribution is 2.35. The molecular formula is C19H14FN3O. The normalized spacial score (nSPS) is 15.0. The van der Waals surface area contributed by atoms with E-state index in [0.717, 1.165) is 22.0 Å². The van der Waals surface area contributed by atoms with Crippen LogP contribution in [-0.2, 0) is 0 Å². The van der Waals surface area contributed by atoms with E-state index in [0.29, 0.717) is 18.4 Å². The van der Waals surface area contributed by atoms with Crippen LogP contribution < -0.4 is 5.32 Å². The molecule has 2 aromatic carbocycles. The molecule has 1 fully saturated rings. The molecule has 4 rings (SSSR count). The number of hydrogen-bond donors (Lipinski definition) is 2. The van der Waals surface area contributed by atoms with Crippen molar-refractivity contribution in [2.45, 2.75) is 18.4 Å². The number of aromatic amines is 1. The molecule has 1 aliphatic carbocycles. The molecule has 24 heavy (non-hydrogen) atoms. The summed E-state index contributed by atoms with van der Waals surface area (Å²) in [6.07, 6.45) is 3.24. The predicted octanol–water partition coefficient (Wildman–Crippen LogP) is 3.76. The first-order valence-corrected chi connectivity index (χ1v) is 7.71. The van der Waals surface area contributed by atoms with Crippen LogP contribution in [0.1, 0.15) is 23.2 Å². The third-order valence-electron chi connectivity index (χ3n) is 4.42. The Bertz CT molecular complexity index is 978. The molecule has 0 bridgehead atoms. The van der Waals surface area contributed by atoms with Crippen LogP contribution in [0.15, 0.2) is 48.7 Å². The minimum Gasteiger partial charge on any atom is -0.360 e. The molecule has 0 atom stereocenters. The largest absolute Gasteiger partial charge is 0.360 e. The second-order valence-corrected chi connectivity index (χ2v) is 6.12. The minimum absolute atomic E-state index is 0.235. The molecule has 4 nitrogen and oxygen atoms in total. The van der Waals surface area contributed by atoms with Crippen LogP contribution in [0, 0.1) is 17.1 Å². The van der Waals surface area contributed by atoms with Crippen molar-refractivity contribution < 1.29 is 9.18 Å². The number of nitrogens with zero attached hydrogens (tertiary/aromatic N) is 1. The summed E-state index contributed by atoms with van der Waals surface area (Å²) in [4.78, 5) is 15.3. The highest BCUT2D eigenvalue weighted by molar-refractivity contribution is 5.98. The first-order valence-electron chi connectivity index (χ1n) is 7.71. The van der Waals surface area contributed by atoms with E-state index < -0.39 is 5.54 Å².